The summed E-state index contributed by atoms with van der Waals surface area (Å²) in [5.41, 5.74) is 5.06. The minimum absolute atomic E-state index is 0.174. The minimum atomic E-state index is -0.208. The Morgan fingerprint density at radius 2 is 1.83 bits per heavy atom. The number of hydrogen-bond acceptors (Lipinski definition) is 4. The number of carbonyl (C=O) groups excluding carboxylic acids is 1. The lowest BCUT2D eigenvalue weighted by Crippen LogP contribution is -2.43. The second-order valence-corrected chi connectivity index (χ2v) is 8.61. The van der Waals surface area contributed by atoms with Crippen LogP contribution < -0.4 is 10.4 Å². The third-order valence-corrected chi connectivity index (χ3v) is 5.76. The standard InChI is InChI=1S/C22H25Cl3N4O/c1-3-4-5-12-28(2)27-22(30)19-14-21(15-6-8-16(23)9-7-15)29(26-19)20-11-10-17(24)13-18(20)25/h6-11,13,21H,3-5,12,14H2,1-2H3,(H,27,30)/t21-/m0/s1. The molecular weight excluding hydrogens is 443 g/mol. The second kappa shape index (κ2) is 10.5. The van der Waals surface area contributed by atoms with Gasteiger partial charge in [-0.15, -0.1) is 0 Å². The van der Waals surface area contributed by atoms with Gasteiger partial charge >= 0.3 is 0 Å². The minimum Gasteiger partial charge on any atom is -0.284 e. The van der Waals surface area contributed by atoms with Crippen molar-refractivity contribution in [3.8, 4) is 0 Å². The molecule has 0 aromatic heterocycles. The quantitative estimate of drug-likeness (QED) is 0.376. The number of hydrazine groups is 1. The number of rotatable bonds is 8. The lowest BCUT2D eigenvalue weighted by atomic mass is 10.0. The van der Waals surface area contributed by atoms with Crippen LogP contribution in [0.5, 0.6) is 0 Å². The predicted octanol–water partition coefficient (Wildman–Crippen LogP) is 6.11. The number of nitrogens with zero attached hydrogens (tertiary/aromatic N) is 3. The smallest absolute Gasteiger partial charge is 0.281 e. The summed E-state index contributed by atoms with van der Waals surface area (Å²) in [6.45, 7) is 2.94. The molecule has 0 fully saturated rings. The molecule has 1 amide bonds. The maximum atomic E-state index is 12.8. The van der Waals surface area contributed by atoms with Gasteiger partial charge in [0, 0.05) is 30.1 Å². The van der Waals surface area contributed by atoms with E-state index >= 15 is 0 Å². The Hall–Kier alpha value is -1.79. The maximum absolute atomic E-state index is 12.8. The summed E-state index contributed by atoms with van der Waals surface area (Å²) in [5, 5.41) is 9.90. The SMILES string of the molecule is CCCCCN(C)NC(=O)C1=NN(c2ccc(Cl)cc2Cl)[C@H](c2ccc(Cl)cc2)C1. The molecule has 1 aliphatic heterocycles. The van der Waals surface area contributed by atoms with Crippen molar-refractivity contribution in [3.63, 3.8) is 0 Å². The molecule has 0 saturated heterocycles. The molecule has 0 bridgehead atoms. The summed E-state index contributed by atoms with van der Waals surface area (Å²) in [7, 11) is 1.87. The average molecular weight is 468 g/mol. The van der Waals surface area contributed by atoms with Crippen molar-refractivity contribution >= 4 is 52.1 Å². The number of benzene rings is 2. The predicted molar refractivity (Wildman–Crippen MR) is 125 cm³/mol. The van der Waals surface area contributed by atoms with E-state index in [0.29, 0.717) is 32.9 Å². The number of hydrogen-bond donors (Lipinski definition) is 1. The molecule has 2 aromatic rings. The molecule has 0 spiro atoms. The van der Waals surface area contributed by atoms with Gasteiger partial charge in [0.1, 0.15) is 5.71 Å². The van der Waals surface area contributed by atoms with E-state index in [9.17, 15) is 4.79 Å². The zero-order valence-corrected chi connectivity index (χ0v) is 19.3. The molecule has 1 atom stereocenters. The number of nitrogens with one attached hydrogen (secondary N) is 1. The first-order chi connectivity index (χ1) is 14.4. The maximum Gasteiger partial charge on any atom is 0.281 e. The van der Waals surface area contributed by atoms with Crippen LogP contribution in [0.15, 0.2) is 47.6 Å². The van der Waals surface area contributed by atoms with Crippen LogP contribution in [-0.2, 0) is 4.79 Å². The molecule has 160 valence electrons. The lowest BCUT2D eigenvalue weighted by Gasteiger charge is -2.25. The molecular formula is C22H25Cl3N4O. The summed E-state index contributed by atoms with van der Waals surface area (Å²) in [5.74, 6) is -0.208. The Labute approximate surface area is 192 Å². The van der Waals surface area contributed by atoms with Crippen LogP contribution in [-0.4, -0.2) is 30.2 Å². The van der Waals surface area contributed by atoms with Gasteiger partial charge in [0.05, 0.1) is 16.8 Å². The van der Waals surface area contributed by atoms with Crippen LogP contribution >= 0.6 is 34.8 Å². The van der Waals surface area contributed by atoms with Gasteiger partial charge in [0.2, 0.25) is 0 Å². The highest BCUT2D eigenvalue weighted by atomic mass is 35.5. The fraction of sp³-hybridized carbons (Fsp3) is 0.364. The summed E-state index contributed by atoms with van der Waals surface area (Å²) in [4.78, 5) is 12.8. The fourth-order valence-electron chi connectivity index (χ4n) is 3.37. The third kappa shape index (κ3) is 5.67. The zero-order chi connectivity index (χ0) is 21.7. The fourth-order valence-corrected chi connectivity index (χ4v) is 3.99. The van der Waals surface area contributed by atoms with E-state index in [1.165, 1.54) is 0 Å². The summed E-state index contributed by atoms with van der Waals surface area (Å²) in [6, 6.07) is 12.6. The van der Waals surface area contributed by atoms with Crippen molar-refractivity contribution in [2.75, 3.05) is 18.6 Å². The number of unbranched alkanes of at least 4 members (excludes halogenated alkanes) is 2. The van der Waals surface area contributed by atoms with Gasteiger partial charge in [-0.3, -0.25) is 15.2 Å². The molecule has 8 heteroatoms. The van der Waals surface area contributed by atoms with Gasteiger partial charge in [-0.1, -0.05) is 66.7 Å². The lowest BCUT2D eigenvalue weighted by molar-refractivity contribution is -0.118. The molecule has 1 aliphatic rings. The van der Waals surface area contributed by atoms with E-state index in [4.69, 9.17) is 34.8 Å². The second-order valence-electron chi connectivity index (χ2n) is 7.33. The highest BCUT2D eigenvalue weighted by Gasteiger charge is 2.33. The van der Waals surface area contributed by atoms with Crippen LogP contribution in [0, 0.1) is 0 Å². The third-order valence-electron chi connectivity index (χ3n) is 4.97. The first-order valence-corrected chi connectivity index (χ1v) is 11.1. The van der Waals surface area contributed by atoms with Crippen molar-refractivity contribution in [2.45, 2.75) is 38.6 Å². The largest absolute Gasteiger partial charge is 0.284 e. The van der Waals surface area contributed by atoms with Gasteiger partial charge in [0.25, 0.3) is 5.91 Å². The van der Waals surface area contributed by atoms with Gasteiger partial charge in [-0.05, 0) is 42.3 Å². The molecule has 3 rings (SSSR count). The average Bonchev–Trinajstić information content (AvgIpc) is 3.14. The van der Waals surface area contributed by atoms with Crippen molar-refractivity contribution < 1.29 is 4.79 Å². The van der Waals surface area contributed by atoms with Crippen LogP contribution in [0.4, 0.5) is 5.69 Å². The van der Waals surface area contributed by atoms with E-state index in [0.717, 1.165) is 31.4 Å². The molecule has 0 aliphatic carbocycles. The molecule has 1 N–H and O–H groups in total. The first-order valence-electron chi connectivity index (χ1n) is 9.98. The number of carbonyl (C=O) groups is 1. The molecule has 30 heavy (non-hydrogen) atoms. The van der Waals surface area contributed by atoms with Crippen LogP contribution in [0.1, 0.15) is 44.2 Å². The Morgan fingerprint density at radius 1 is 1.13 bits per heavy atom. The molecule has 0 unspecified atom stereocenters. The van der Waals surface area contributed by atoms with Crippen molar-refractivity contribution in [1.82, 2.24) is 10.4 Å². The highest BCUT2D eigenvalue weighted by Crippen LogP contribution is 2.39. The monoisotopic (exact) mass is 466 g/mol. The molecule has 0 radical (unpaired) electrons. The molecule has 0 saturated carbocycles. The number of halogens is 3. The van der Waals surface area contributed by atoms with Crippen molar-refractivity contribution in [2.24, 2.45) is 5.10 Å². The van der Waals surface area contributed by atoms with Gasteiger partial charge in [-0.2, -0.15) is 5.10 Å². The molecule has 2 aromatic carbocycles. The Balaban J connectivity index is 1.84. The zero-order valence-electron chi connectivity index (χ0n) is 17.0. The summed E-state index contributed by atoms with van der Waals surface area (Å²) in [6.07, 6.45) is 3.74. The molecule has 1 heterocycles. The Morgan fingerprint density at radius 3 is 2.50 bits per heavy atom. The van der Waals surface area contributed by atoms with Crippen LogP contribution in [0.25, 0.3) is 0 Å². The van der Waals surface area contributed by atoms with E-state index < -0.39 is 0 Å². The van der Waals surface area contributed by atoms with Crippen molar-refractivity contribution in [1.29, 1.82) is 0 Å². The summed E-state index contributed by atoms with van der Waals surface area (Å²) >= 11 is 18.6. The topological polar surface area (TPSA) is 47.9 Å². The van der Waals surface area contributed by atoms with Gasteiger partial charge in [-0.25, -0.2) is 5.01 Å². The number of amides is 1. The highest BCUT2D eigenvalue weighted by molar-refractivity contribution is 6.40. The first kappa shape index (κ1) is 22.9. The normalized spacial score (nSPS) is 16.1. The number of hydrazone groups is 1. The van der Waals surface area contributed by atoms with Crippen molar-refractivity contribution in [3.05, 3.63) is 63.1 Å². The molecule has 5 nitrogen and oxygen atoms in total. The van der Waals surface area contributed by atoms with E-state index in [2.05, 4.69) is 17.5 Å². The number of anilines is 1. The van der Waals surface area contributed by atoms with E-state index in [1.54, 1.807) is 17.1 Å². The van der Waals surface area contributed by atoms with Gasteiger partial charge < -0.3 is 0 Å². The summed E-state index contributed by atoms with van der Waals surface area (Å²) < 4.78 is 0. The van der Waals surface area contributed by atoms with Gasteiger partial charge in [0.15, 0.2) is 0 Å². The van der Waals surface area contributed by atoms with E-state index in [-0.39, 0.29) is 11.9 Å². The Kier molecular flexibility index (Phi) is 8.00. The van der Waals surface area contributed by atoms with E-state index in [1.807, 2.05) is 42.4 Å². The van der Waals surface area contributed by atoms with Crippen LogP contribution in [0.3, 0.4) is 0 Å². The Bertz CT molecular complexity index is 917. The van der Waals surface area contributed by atoms with Crippen LogP contribution in [0.2, 0.25) is 15.1 Å².